The largest absolute Gasteiger partial charge is 0.298 e. The van der Waals surface area contributed by atoms with Crippen molar-refractivity contribution in [2.75, 3.05) is 13.1 Å². The second-order valence-corrected chi connectivity index (χ2v) is 6.14. The second-order valence-electron chi connectivity index (χ2n) is 4.28. The van der Waals surface area contributed by atoms with Crippen LogP contribution in [0.4, 0.5) is 0 Å². The molecule has 0 aromatic carbocycles. The zero-order valence-corrected chi connectivity index (χ0v) is 11.8. The molecule has 1 saturated heterocycles. The Morgan fingerprint density at radius 3 is 2.62 bits per heavy atom. The number of carbonyl (C=O) groups excluding carboxylic acids is 1. The van der Waals surface area contributed by atoms with Crippen LogP contribution in [0, 0.1) is 0 Å². The molecule has 1 unspecified atom stereocenters. The number of carbonyl (C=O) groups is 1. The van der Waals surface area contributed by atoms with Crippen molar-refractivity contribution >= 4 is 33.0 Å². The average molecular weight is 302 g/mol. The molecule has 2 nitrogen and oxygen atoms in total. The smallest absolute Gasteiger partial charge is 0.152 e. The van der Waals surface area contributed by atoms with Gasteiger partial charge in [-0.15, -0.1) is 11.3 Å². The van der Waals surface area contributed by atoms with Crippen LogP contribution in [0.1, 0.15) is 37.1 Å². The fourth-order valence-corrected chi connectivity index (χ4v) is 3.92. The Balaban J connectivity index is 2.19. The summed E-state index contributed by atoms with van der Waals surface area (Å²) in [5.41, 5.74) is 0. The summed E-state index contributed by atoms with van der Waals surface area (Å²) in [5, 5.41) is 2.05. The first kappa shape index (κ1) is 12.3. The van der Waals surface area contributed by atoms with Crippen molar-refractivity contribution in [3.8, 4) is 0 Å². The third-order valence-electron chi connectivity index (χ3n) is 3.00. The third kappa shape index (κ3) is 2.73. The lowest BCUT2D eigenvalue weighted by atomic mass is 10.0. The molecule has 1 fully saturated rings. The van der Waals surface area contributed by atoms with Crippen LogP contribution in [0.2, 0.25) is 0 Å². The van der Waals surface area contributed by atoms with Crippen LogP contribution in [-0.2, 0) is 4.79 Å². The normalized spacial score (nSPS) is 19.6. The van der Waals surface area contributed by atoms with Gasteiger partial charge < -0.3 is 0 Å². The van der Waals surface area contributed by atoms with Crippen molar-refractivity contribution in [1.82, 2.24) is 4.90 Å². The first-order chi connectivity index (χ1) is 7.68. The van der Waals surface area contributed by atoms with Crippen molar-refractivity contribution in [2.24, 2.45) is 0 Å². The summed E-state index contributed by atoms with van der Waals surface area (Å²) in [4.78, 5) is 15.3. The molecule has 1 aliphatic heterocycles. The van der Waals surface area contributed by atoms with Crippen molar-refractivity contribution in [3.05, 3.63) is 20.8 Å². The quantitative estimate of drug-likeness (QED) is 0.850. The number of ketones is 1. The molecular weight excluding hydrogens is 286 g/mol. The molecule has 0 bridgehead atoms. The summed E-state index contributed by atoms with van der Waals surface area (Å²) >= 11 is 5.12. The number of piperidine rings is 1. The van der Waals surface area contributed by atoms with Crippen LogP contribution in [0.3, 0.4) is 0 Å². The Bertz CT molecular complexity index is 371. The van der Waals surface area contributed by atoms with Crippen LogP contribution >= 0.6 is 27.3 Å². The zero-order valence-electron chi connectivity index (χ0n) is 9.41. The minimum atomic E-state index is -0.0170. The molecule has 1 aliphatic rings. The number of hydrogen-bond acceptors (Lipinski definition) is 3. The van der Waals surface area contributed by atoms with Gasteiger partial charge in [0, 0.05) is 14.7 Å². The van der Waals surface area contributed by atoms with E-state index in [4.69, 9.17) is 0 Å². The molecule has 0 spiro atoms. The fourth-order valence-electron chi connectivity index (χ4n) is 2.29. The zero-order chi connectivity index (χ0) is 11.5. The number of rotatable bonds is 3. The summed E-state index contributed by atoms with van der Waals surface area (Å²) in [6.45, 7) is 3.81. The predicted octanol–water partition coefficient (Wildman–Crippen LogP) is 3.63. The van der Waals surface area contributed by atoms with Gasteiger partial charge in [0.2, 0.25) is 0 Å². The minimum Gasteiger partial charge on any atom is -0.298 e. The monoisotopic (exact) mass is 301 g/mol. The summed E-state index contributed by atoms with van der Waals surface area (Å²) in [7, 11) is 0. The van der Waals surface area contributed by atoms with E-state index in [-0.39, 0.29) is 11.8 Å². The van der Waals surface area contributed by atoms with E-state index in [0.29, 0.717) is 0 Å². The van der Waals surface area contributed by atoms with Crippen molar-refractivity contribution in [3.63, 3.8) is 0 Å². The topological polar surface area (TPSA) is 20.3 Å². The van der Waals surface area contributed by atoms with Gasteiger partial charge in [-0.05, 0) is 54.9 Å². The highest BCUT2D eigenvalue weighted by molar-refractivity contribution is 9.10. The first-order valence-electron chi connectivity index (χ1n) is 5.67. The van der Waals surface area contributed by atoms with E-state index in [2.05, 4.69) is 32.3 Å². The Hall–Kier alpha value is -0.190. The average Bonchev–Trinajstić information content (AvgIpc) is 2.66. The highest BCUT2D eigenvalue weighted by atomic mass is 79.9. The van der Waals surface area contributed by atoms with Gasteiger partial charge in [-0.3, -0.25) is 9.69 Å². The maximum atomic E-state index is 11.8. The van der Waals surface area contributed by atoms with Gasteiger partial charge >= 0.3 is 0 Å². The highest BCUT2D eigenvalue weighted by Gasteiger charge is 2.26. The third-order valence-corrected chi connectivity index (χ3v) is 4.74. The summed E-state index contributed by atoms with van der Waals surface area (Å²) < 4.78 is 1.08. The molecule has 0 saturated carbocycles. The van der Waals surface area contributed by atoms with Crippen molar-refractivity contribution < 1.29 is 4.79 Å². The molecule has 1 atom stereocenters. The Morgan fingerprint density at radius 2 is 2.12 bits per heavy atom. The number of likely N-dealkylation sites (tertiary alicyclic amines) is 1. The lowest BCUT2D eigenvalue weighted by molar-refractivity contribution is -0.122. The predicted molar refractivity (Wildman–Crippen MR) is 70.9 cm³/mol. The molecule has 2 heterocycles. The molecule has 1 aromatic heterocycles. The number of halogens is 1. The van der Waals surface area contributed by atoms with Gasteiger partial charge in [0.15, 0.2) is 5.78 Å². The molecule has 16 heavy (non-hydrogen) atoms. The van der Waals surface area contributed by atoms with Gasteiger partial charge in [-0.2, -0.15) is 0 Å². The summed E-state index contributed by atoms with van der Waals surface area (Å²) in [6, 6.07) is 2.06. The van der Waals surface area contributed by atoms with Crippen LogP contribution in [0.25, 0.3) is 0 Å². The Morgan fingerprint density at radius 1 is 1.44 bits per heavy atom. The van der Waals surface area contributed by atoms with Gasteiger partial charge in [-0.25, -0.2) is 0 Å². The molecule has 0 radical (unpaired) electrons. The van der Waals surface area contributed by atoms with Crippen LogP contribution in [0.15, 0.2) is 15.9 Å². The molecule has 0 amide bonds. The molecule has 0 aliphatic carbocycles. The number of Topliss-reactive ketones (excluding diaryl/α,β-unsaturated/α-hetero) is 1. The van der Waals surface area contributed by atoms with E-state index in [0.717, 1.165) is 17.6 Å². The SMILES string of the molecule is CC(=O)C(c1cc(Br)cs1)N1CCCCC1. The molecular formula is C12H16BrNOS. The molecule has 4 heteroatoms. The fraction of sp³-hybridized carbons (Fsp3) is 0.583. The first-order valence-corrected chi connectivity index (χ1v) is 7.34. The lowest BCUT2D eigenvalue weighted by Crippen LogP contribution is -2.36. The van der Waals surface area contributed by atoms with Gasteiger partial charge in [0.25, 0.3) is 0 Å². The van der Waals surface area contributed by atoms with E-state index in [1.54, 1.807) is 18.3 Å². The van der Waals surface area contributed by atoms with Crippen molar-refractivity contribution in [2.45, 2.75) is 32.2 Å². The van der Waals surface area contributed by atoms with Gasteiger partial charge in [0.1, 0.15) is 6.04 Å². The second kappa shape index (κ2) is 5.43. The van der Waals surface area contributed by atoms with Crippen LogP contribution < -0.4 is 0 Å². The van der Waals surface area contributed by atoms with Crippen LogP contribution in [0.5, 0.6) is 0 Å². The van der Waals surface area contributed by atoms with Crippen molar-refractivity contribution in [1.29, 1.82) is 0 Å². The van der Waals surface area contributed by atoms with Gasteiger partial charge in [0.05, 0.1) is 0 Å². The number of nitrogens with zero attached hydrogens (tertiary/aromatic N) is 1. The van der Waals surface area contributed by atoms with Crippen LogP contribution in [-0.4, -0.2) is 23.8 Å². The Kier molecular flexibility index (Phi) is 4.16. The number of thiophene rings is 1. The molecule has 88 valence electrons. The van der Waals surface area contributed by atoms with E-state index in [9.17, 15) is 4.79 Å². The summed E-state index contributed by atoms with van der Waals surface area (Å²) in [6.07, 6.45) is 3.74. The van der Waals surface area contributed by atoms with E-state index >= 15 is 0 Å². The highest BCUT2D eigenvalue weighted by Crippen LogP contribution is 2.31. The van der Waals surface area contributed by atoms with E-state index in [1.165, 1.54) is 24.1 Å². The maximum Gasteiger partial charge on any atom is 0.152 e. The van der Waals surface area contributed by atoms with Gasteiger partial charge in [-0.1, -0.05) is 6.42 Å². The molecule has 2 rings (SSSR count). The standard InChI is InChI=1S/C12H16BrNOS/c1-9(15)12(11-7-10(13)8-16-11)14-5-3-2-4-6-14/h7-8,12H,2-6H2,1H3. The molecule has 1 aromatic rings. The molecule has 0 N–H and O–H groups in total. The van der Waals surface area contributed by atoms with E-state index < -0.39 is 0 Å². The summed E-state index contributed by atoms with van der Waals surface area (Å²) in [5.74, 6) is 0.260. The minimum absolute atomic E-state index is 0.0170. The Labute approximate surface area is 109 Å². The maximum absolute atomic E-state index is 11.8. The number of hydrogen-bond donors (Lipinski definition) is 0. The lowest BCUT2D eigenvalue weighted by Gasteiger charge is -2.32. The van der Waals surface area contributed by atoms with E-state index in [1.807, 2.05) is 0 Å².